The lowest BCUT2D eigenvalue weighted by atomic mass is 9.96. The molecule has 27 heavy (non-hydrogen) atoms. The maximum Gasteiger partial charge on any atom is 0.434 e. The molecule has 3 N–H and O–H groups in total. The second-order valence-electron chi connectivity index (χ2n) is 5.81. The first-order chi connectivity index (χ1) is 12.2. The van der Waals surface area contributed by atoms with E-state index in [0.717, 1.165) is 22.3 Å². The van der Waals surface area contributed by atoms with Gasteiger partial charge in [0.25, 0.3) is 0 Å². The van der Waals surface area contributed by atoms with Gasteiger partial charge in [-0.3, -0.25) is 0 Å². The molecule has 0 spiro atoms. The van der Waals surface area contributed by atoms with Gasteiger partial charge in [-0.05, 0) is 19.4 Å². The summed E-state index contributed by atoms with van der Waals surface area (Å²) in [4.78, 5) is 7.79. The second kappa shape index (κ2) is 10.2. The van der Waals surface area contributed by atoms with E-state index in [1.54, 1.807) is 6.92 Å². The van der Waals surface area contributed by atoms with Crippen LogP contribution in [0, 0.1) is 0 Å². The predicted octanol–water partition coefficient (Wildman–Crippen LogP) is 3.74. The smallest absolute Gasteiger partial charge is 0.384 e. The molecule has 5 nitrogen and oxygen atoms in total. The third kappa shape index (κ3) is 7.26. The van der Waals surface area contributed by atoms with Gasteiger partial charge in [0.2, 0.25) is 0 Å². The molecule has 0 fully saturated rings. The lowest BCUT2D eigenvalue weighted by molar-refractivity contribution is -0.140. The van der Waals surface area contributed by atoms with Crippen molar-refractivity contribution in [2.75, 3.05) is 13.1 Å². The molecule has 150 valence electrons. The van der Waals surface area contributed by atoms with Crippen molar-refractivity contribution in [2.45, 2.75) is 32.2 Å². The van der Waals surface area contributed by atoms with Gasteiger partial charge in [0.15, 0.2) is 11.7 Å². The van der Waals surface area contributed by atoms with Crippen molar-refractivity contribution in [3.05, 3.63) is 52.0 Å². The van der Waals surface area contributed by atoms with Crippen LogP contribution in [0.1, 0.15) is 30.1 Å². The highest BCUT2D eigenvalue weighted by atomic mass is 127. The van der Waals surface area contributed by atoms with Gasteiger partial charge < -0.3 is 15.7 Å². The molecule has 1 heterocycles. The van der Waals surface area contributed by atoms with Crippen molar-refractivity contribution in [2.24, 2.45) is 4.99 Å². The standard InChI is InChI=1S/C17H21F3N4OS.HI/c1-3-21-15(22-9-14-24-13(10-26-14)17(18,19)20)23-11-16(2,25)12-7-5-4-6-8-12;/h4-8,10,25H,3,9,11H2,1-2H3,(H2,21,22,23);1H. The van der Waals surface area contributed by atoms with Crippen molar-refractivity contribution in [3.63, 3.8) is 0 Å². The predicted molar refractivity (Wildman–Crippen MR) is 111 cm³/mol. The number of guanidine groups is 1. The number of nitrogens with zero attached hydrogens (tertiary/aromatic N) is 2. The molecule has 0 saturated carbocycles. The molecule has 0 radical (unpaired) electrons. The molecule has 0 aliphatic rings. The largest absolute Gasteiger partial charge is 0.434 e. The molecule has 1 aromatic heterocycles. The fourth-order valence-electron chi connectivity index (χ4n) is 2.16. The zero-order chi connectivity index (χ0) is 19.2. The van der Waals surface area contributed by atoms with Crippen molar-refractivity contribution in [1.29, 1.82) is 0 Å². The number of thiazole rings is 1. The van der Waals surface area contributed by atoms with Crippen LogP contribution in [0.4, 0.5) is 13.2 Å². The molecule has 10 heteroatoms. The van der Waals surface area contributed by atoms with Crippen LogP contribution in [0.2, 0.25) is 0 Å². The molecule has 0 aliphatic carbocycles. The highest BCUT2D eigenvalue weighted by molar-refractivity contribution is 14.0. The van der Waals surface area contributed by atoms with Crippen LogP contribution >= 0.6 is 35.3 Å². The third-order valence-electron chi connectivity index (χ3n) is 3.55. The first kappa shape index (κ1) is 23.6. The summed E-state index contributed by atoms with van der Waals surface area (Å²) in [7, 11) is 0. The molecule has 2 aromatic rings. The van der Waals surface area contributed by atoms with E-state index in [9.17, 15) is 18.3 Å². The fourth-order valence-corrected chi connectivity index (χ4v) is 2.88. The van der Waals surface area contributed by atoms with Gasteiger partial charge in [-0.15, -0.1) is 35.3 Å². The Bertz CT molecular complexity index is 735. The SMILES string of the molecule is CCNC(=NCc1nc(C(F)(F)F)cs1)NCC(C)(O)c1ccccc1.I. The monoisotopic (exact) mass is 514 g/mol. The lowest BCUT2D eigenvalue weighted by Gasteiger charge is -2.25. The third-order valence-corrected chi connectivity index (χ3v) is 4.39. The Kier molecular flexibility index (Phi) is 8.95. The number of aliphatic hydroxyl groups is 1. The molecule has 0 bridgehead atoms. The Morgan fingerprint density at radius 2 is 1.89 bits per heavy atom. The molecule has 0 aliphatic heterocycles. The summed E-state index contributed by atoms with van der Waals surface area (Å²) < 4.78 is 37.8. The average molecular weight is 514 g/mol. The number of hydrogen-bond donors (Lipinski definition) is 3. The summed E-state index contributed by atoms with van der Waals surface area (Å²) in [6, 6.07) is 9.18. The molecule has 0 saturated heterocycles. The summed E-state index contributed by atoms with van der Waals surface area (Å²) in [5.74, 6) is 0.396. The number of halogens is 4. The fraction of sp³-hybridized carbons (Fsp3) is 0.412. The number of hydrogen-bond acceptors (Lipinski definition) is 4. The maximum atomic E-state index is 12.6. The minimum atomic E-state index is -4.45. The minimum absolute atomic E-state index is 0. The molecule has 2 rings (SSSR count). The summed E-state index contributed by atoms with van der Waals surface area (Å²) in [5, 5.41) is 17.9. The van der Waals surface area contributed by atoms with Gasteiger partial charge >= 0.3 is 6.18 Å². The van der Waals surface area contributed by atoms with Crippen LogP contribution in [0.3, 0.4) is 0 Å². The van der Waals surface area contributed by atoms with E-state index in [4.69, 9.17) is 0 Å². The van der Waals surface area contributed by atoms with E-state index in [-0.39, 0.29) is 42.1 Å². The number of aliphatic imine (C=N–C) groups is 1. The zero-order valence-electron chi connectivity index (χ0n) is 14.9. The van der Waals surface area contributed by atoms with Crippen LogP contribution in [0.15, 0.2) is 40.7 Å². The quantitative estimate of drug-likeness (QED) is 0.312. The highest BCUT2D eigenvalue weighted by Gasteiger charge is 2.33. The molecular weight excluding hydrogens is 492 g/mol. The van der Waals surface area contributed by atoms with E-state index in [1.807, 2.05) is 37.3 Å². The van der Waals surface area contributed by atoms with Gasteiger partial charge in [-0.25, -0.2) is 9.98 Å². The number of aromatic nitrogens is 1. The van der Waals surface area contributed by atoms with Crippen molar-refractivity contribution < 1.29 is 18.3 Å². The van der Waals surface area contributed by atoms with E-state index < -0.39 is 17.5 Å². The van der Waals surface area contributed by atoms with Gasteiger partial charge in [0.1, 0.15) is 10.6 Å². The van der Waals surface area contributed by atoms with Crippen LogP contribution < -0.4 is 10.6 Å². The van der Waals surface area contributed by atoms with Crippen molar-refractivity contribution in [3.8, 4) is 0 Å². The highest BCUT2D eigenvalue weighted by Crippen LogP contribution is 2.30. The Hall–Kier alpha value is -1.40. The van der Waals surface area contributed by atoms with E-state index >= 15 is 0 Å². The van der Waals surface area contributed by atoms with Gasteiger partial charge in [0.05, 0.1) is 13.1 Å². The first-order valence-electron chi connectivity index (χ1n) is 8.04. The topological polar surface area (TPSA) is 69.5 Å². The molecular formula is C17H22F3IN4OS. The maximum absolute atomic E-state index is 12.6. The van der Waals surface area contributed by atoms with E-state index in [1.165, 1.54) is 0 Å². The molecule has 1 atom stereocenters. The van der Waals surface area contributed by atoms with Crippen LogP contribution in [0.5, 0.6) is 0 Å². The Balaban J connectivity index is 0.00000364. The normalized spacial score (nSPS) is 14.2. The van der Waals surface area contributed by atoms with E-state index in [0.29, 0.717) is 12.5 Å². The van der Waals surface area contributed by atoms with Crippen LogP contribution in [-0.4, -0.2) is 29.1 Å². The number of benzene rings is 1. The second-order valence-corrected chi connectivity index (χ2v) is 6.76. The van der Waals surface area contributed by atoms with Gasteiger partial charge in [-0.2, -0.15) is 13.2 Å². The zero-order valence-corrected chi connectivity index (χ0v) is 18.0. The van der Waals surface area contributed by atoms with Crippen LogP contribution in [0.25, 0.3) is 0 Å². The lowest BCUT2D eigenvalue weighted by Crippen LogP contribution is -2.44. The molecule has 0 amide bonds. The average Bonchev–Trinajstić information content (AvgIpc) is 3.07. The number of rotatable bonds is 6. The molecule has 1 aromatic carbocycles. The minimum Gasteiger partial charge on any atom is -0.384 e. The Labute approximate surface area is 177 Å². The summed E-state index contributed by atoms with van der Waals surface area (Å²) in [5.41, 5.74) is -1.28. The molecule has 1 unspecified atom stereocenters. The van der Waals surface area contributed by atoms with Crippen LogP contribution in [-0.2, 0) is 18.3 Å². The Morgan fingerprint density at radius 3 is 2.44 bits per heavy atom. The summed E-state index contributed by atoms with van der Waals surface area (Å²) in [6.07, 6.45) is -4.45. The Morgan fingerprint density at radius 1 is 1.22 bits per heavy atom. The first-order valence-corrected chi connectivity index (χ1v) is 8.92. The van der Waals surface area contributed by atoms with Gasteiger partial charge in [-0.1, -0.05) is 30.3 Å². The number of nitrogens with one attached hydrogen (secondary N) is 2. The number of alkyl halides is 3. The van der Waals surface area contributed by atoms with Crippen molar-refractivity contribution in [1.82, 2.24) is 15.6 Å². The summed E-state index contributed by atoms with van der Waals surface area (Å²) in [6.45, 7) is 4.33. The van der Waals surface area contributed by atoms with Crippen molar-refractivity contribution >= 4 is 41.3 Å². The van der Waals surface area contributed by atoms with Gasteiger partial charge in [0, 0.05) is 11.9 Å². The van der Waals surface area contributed by atoms with E-state index in [2.05, 4.69) is 20.6 Å². The summed E-state index contributed by atoms with van der Waals surface area (Å²) >= 11 is 0.914.